The summed E-state index contributed by atoms with van der Waals surface area (Å²) in [4.78, 5) is 24.2. The quantitative estimate of drug-likeness (QED) is 0.370. The van der Waals surface area contributed by atoms with E-state index in [1.165, 1.54) is 43.5 Å². The standard InChI is InChI=1S/C27H30N8O/c36-26(28-12-5-15-34-13-1-2-14-34)21-8-4-9-22(16-21)30-27-29-18-24-25(31-27)35(33-32-24)23-11-10-19-6-3-7-20(19)17-23/h4,8-11,16-18H,1-3,5-7,12-15H2,(H,28,36)(H,29,30,31). The molecule has 1 fully saturated rings. The molecule has 2 N–H and O–H groups in total. The number of hydrogen-bond donors (Lipinski definition) is 2. The first-order valence-corrected chi connectivity index (χ1v) is 12.8. The van der Waals surface area contributed by atoms with Crippen molar-refractivity contribution in [1.29, 1.82) is 0 Å². The van der Waals surface area contributed by atoms with Crippen molar-refractivity contribution in [3.8, 4) is 5.69 Å². The number of carbonyl (C=O) groups is 1. The highest BCUT2D eigenvalue weighted by Crippen LogP contribution is 2.25. The molecular formula is C27H30N8O. The lowest BCUT2D eigenvalue weighted by Gasteiger charge is -2.14. The van der Waals surface area contributed by atoms with Crippen molar-refractivity contribution in [1.82, 2.24) is 35.2 Å². The van der Waals surface area contributed by atoms with Crippen LogP contribution in [-0.4, -0.2) is 61.9 Å². The van der Waals surface area contributed by atoms with Crippen LogP contribution in [0.25, 0.3) is 16.9 Å². The predicted molar refractivity (Wildman–Crippen MR) is 139 cm³/mol. The molecule has 0 atom stereocenters. The van der Waals surface area contributed by atoms with Gasteiger partial charge in [0.2, 0.25) is 5.95 Å². The van der Waals surface area contributed by atoms with Crippen molar-refractivity contribution in [2.24, 2.45) is 0 Å². The maximum atomic E-state index is 12.7. The summed E-state index contributed by atoms with van der Waals surface area (Å²) in [6.07, 6.45) is 8.63. The third kappa shape index (κ3) is 4.79. The number of anilines is 2. The van der Waals surface area contributed by atoms with Gasteiger partial charge in [-0.2, -0.15) is 9.67 Å². The summed E-state index contributed by atoms with van der Waals surface area (Å²) in [6, 6.07) is 13.8. The molecular weight excluding hydrogens is 452 g/mol. The number of amides is 1. The topological polar surface area (TPSA) is 101 Å². The number of likely N-dealkylation sites (tertiary alicyclic amines) is 1. The Morgan fingerprint density at radius 2 is 1.89 bits per heavy atom. The van der Waals surface area contributed by atoms with E-state index in [0.717, 1.165) is 37.2 Å². The molecule has 4 aromatic rings. The Hall–Kier alpha value is -3.85. The Morgan fingerprint density at radius 3 is 2.81 bits per heavy atom. The van der Waals surface area contributed by atoms with E-state index in [0.29, 0.717) is 29.2 Å². The number of rotatable bonds is 8. The average molecular weight is 483 g/mol. The first kappa shape index (κ1) is 22.6. The molecule has 0 unspecified atom stereocenters. The molecule has 0 bridgehead atoms. The summed E-state index contributed by atoms with van der Waals surface area (Å²) in [5.74, 6) is 0.353. The van der Waals surface area contributed by atoms with Gasteiger partial charge in [0.15, 0.2) is 11.2 Å². The van der Waals surface area contributed by atoms with Gasteiger partial charge in [0.25, 0.3) is 5.91 Å². The van der Waals surface area contributed by atoms with Crippen LogP contribution in [0.5, 0.6) is 0 Å². The van der Waals surface area contributed by atoms with E-state index in [1.807, 2.05) is 24.3 Å². The van der Waals surface area contributed by atoms with Crippen molar-refractivity contribution in [3.05, 3.63) is 65.4 Å². The van der Waals surface area contributed by atoms with E-state index in [2.05, 4.69) is 54.0 Å². The van der Waals surface area contributed by atoms with Gasteiger partial charge < -0.3 is 15.5 Å². The van der Waals surface area contributed by atoms with Gasteiger partial charge >= 0.3 is 0 Å². The Bertz CT molecular complexity index is 1390. The molecule has 2 aromatic heterocycles. The summed E-state index contributed by atoms with van der Waals surface area (Å²) in [6.45, 7) is 4.07. The first-order valence-electron chi connectivity index (χ1n) is 12.8. The third-order valence-electron chi connectivity index (χ3n) is 7.04. The summed E-state index contributed by atoms with van der Waals surface area (Å²) in [7, 11) is 0. The highest BCUT2D eigenvalue weighted by molar-refractivity contribution is 5.95. The van der Waals surface area contributed by atoms with E-state index >= 15 is 0 Å². The van der Waals surface area contributed by atoms with Gasteiger partial charge in [-0.05, 0) is 99.6 Å². The normalized spacial score (nSPS) is 15.3. The predicted octanol–water partition coefficient (Wildman–Crippen LogP) is 3.66. The number of benzene rings is 2. The minimum Gasteiger partial charge on any atom is -0.352 e. The van der Waals surface area contributed by atoms with Crippen molar-refractivity contribution in [2.75, 3.05) is 31.5 Å². The monoisotopic (exact) mass is 482 g/mol. The fraction of sp³-hybridized carbons (Fsp3) is 0.370. The van der Waals surface area contributed by atoms with Crippen LogP contribution in [0.4, 0.5) is 11.6 Å². The maximum Gasteiger partial charge on any atom is 0.251 e. The van der Waals surface area contributed by atoms with Crippen LogP contribution in [-0.2, 0) is 12.8 Å². The molecule has 1 amide bonds. The molecule has 2 aromatic carbocycles. The Morgan fingerprint density at radius 1 is 1.00 bits per heavy atom. The maximum absolute atomic E-state index is 12.7. The summed E-state index contributed by atoms with van der Waals surface area (Å²) in [5, 5.41) is 14.8. The van der Waals surface area contributed by atoms with E-state index in [1.54, 1.807) is 10.9 Å². The Balaban J connectivity index is 1.14. The molecule has 1 saturated heterocycles. The highest BCUT2D eigenvalue weighted by atomic mass is 16.1. The second-order valence-corrected chi connectivity index (χ2v) is 9.57. The molecule has 3 heterocycles. The van der Waals surface area contributed by atoms with Crippen molar-refractivity contribution in [2.45, 2.75) is 38.5 Å². The van der Waals surface area contributed by atoms with Crippen LogP contribution < -0.4 is 10.6 Å². The molecule has 2 aliphatic rings. The largest absolute Gasteiger partial charge is 0.352 e. The number of aromatic nitrogens is 5. The summed E-state index contributed by atoms with van der Waals surface area (Å²) in [5.41, 5.74) is 6.35. The highest BCUT2D eigenvalue weighted by Gasteiger charge is 2.15. The molecule has 36 heavy (non-hydrogen) atoms. The van der Waals surface area contributed by atoms with Crippen molar-refractivity contribution < 1.29 is 4.79 Å². The average Bonchev–Trinajstić information content (AvgIpc) is 3.67. The van der Waals surface area contributed by atoms with Crippen molar-refractivity contribution >= 4 is 28.7 Å². The van der Waals surface area contributed by atoms with E-state index in [4.69, 9.17) is 0 Å². The zero-order valence-corrected chi connectivity index (χ0v) is 20.3. The second kappa shape index (κ2) is 10.0. The molecule has 0 radical (unpaired) electrons. The smallest absolute Gasteiger partial charge is 0.251 e. The molecule has 6 rings (SSSR count). The SMILES string of the molecule is O=C(NCCCN1CCCC1)c1cccc(Nc2ncc3nnn(-c4ccc5c(c4)CCC5)c3n2)c1. The van der Waals surface area contributed by atoms with E-state index < -0.39 is 0 Å². The minimum absolute atomic E-state index is 0.0738. The molecule has 184 valence electrons. The lowest BCUT2D eigenvalue weighted by molar-refractivity contribution is 0.0952. The van der Waals surface area contributed by atoms with Crippen LogP contribution in [0.15, 0.2) is 48.7 Å². The van der Waals surface area contributed by atoms with Gasteiger partial charge in [0.1, 0.15) is 0 Å². The van der Waals surface area contributed by atoms with Crippen LogP contribution in [0, 0.1) is 0 Å². The minimum atomic E-state index is -0.0738. The molecule has 9 heteroatoms. The first-order chi connectivity index (χ1) is 17.7. The van der Waals surface area contributed by atoms with Crippen LogP contribution in [0.1, 0.15) is 47.2 Å². The van der Waals surface area contributed by atoms with Gasteiger partial charge in [-0.15, -0.1) is 5.10 Å². The van der Waals surface area contributed by atoms with Gasteiger partial charge in [-0.3, -0.25) is 4.79 Å². The Kier molecular flexibility index (Phi) is 6.29. The number of fused-ring (bicyclic) bond motifs is 2. The van der Waals surface area contributed by atoms with E-state index in [9.17, 15) is 4.79 Å². The number of nitrogens with one attached hydrogen (secondary N) is 2. The lowest BCUT2D eigenvalue weighted by Crippen LogP contribution is -2.28. The summed E-state index contributed by atoms with van der Waals surface area (Å²) >= 11 is 0. The molecule has 0 saturated carbocycles. The van der Waals surface area contributed by atoms with Crippen LogP contribution in [0.2, 0.25) is 0 Å². The number of nitrogens with zero attached hydrogens (tertiary/aromatic N) is 6. The van der Waals surface area contributed by atoms with Gasteiger partial charge in [-0.25, -0.2) is 4.98 Å². The van der Waals surface area contributed by atoms with Gasteiger partial charge in [0.05, 0.1) is 11.9 Å². The third-order valence-corrected chi connectivity index (χ3v) is 7.04. The lowest BCUT2D eigenvalue weighted by atomic mass is 10.1. The molecule has 1 aliphatic carbocycles. The fourth-order valence-electron chi connectivity index (χ4n) is 5.13. The molecule has 0 spiro atoms. The van der Waals surface area contributed by atoms with E-state index in [-0.39, 0.29) is 5.91 Å². The zero-order valence-electron chi connectivity index (χ0n) is 20.3. The number of carbonyl (C=O) groups excluding carboxylic acids is 1. The number of aryl methyl sites for hydroxylation is 2. The van der Waals surface area contributed by atoms with Crippen LogP contribution >= 0.6 is 0 Å². The van der Waals surface area contributed by atoms with Crippen LogP contribution in [0.3, 0.4) is 0 Å². The molecule has 9 nitrogen and oxygen atoms in total. The second-order valence-electron chi connectivity index (χ2n) is 9.57. The Labute approximate surface area is 209 Å². The van der Waals surface area contributed by atoms with Crippen molar-refractivity contribution in [3.63, 3.8) is 0 Å². The van der Waals surface area contributed by atoms with Gasteiger partial charge in [0, 0.05) is 17.8 Å². The zero-order chi connectivity index (χ0) is 24.3. The number of hydrogen-bond acceptors (Lipinski definition) is 7. The fourth-order valence-corrected chi connectivity index (χ4v) is 5.13. The summed E-state index contributed by atoms with van der Waals surface area (Å²) < 4.78 is 1.76. The molecule has 1 aliphatic heterocycles. The van der Waals surface area contributed by atoms with Gasteiger partial charge in [-0.1, -0.05) is 17.3 Å².